The predicted octanol–water partition coefficient (Wildman–Crippen LogP) is 2.16. The topological polar surface area (TPSA) is 32.7 Å². The predicted molar refractivity (Wildman–Crippen MR) is 80.6 cm³/mol. The van der Waals surface area contributed by atoms with Crippen LogP contribution in [-0.2, 0) is 4.79 Å². The summed E-state index contributed by atoms with van der Waals surface area (Å²) in [4.78, 5) is 17.3. The number of likely N-dealkylation sites (N-methyl/N-ethyl adjacent to an activating group) is 1. The quantitative estimate of drug-likeness (QED) is 0.444. The maximum absolute atomic E-state index is 13.0. The molecule has 0 N–H and O–H groups in total. The third kappa shape index (κ3) is 2.85. The Hall–Kier alpha value is -1.25. The molecule has 1 aliphatic heterocycles. The van der Waals surface area contributed by atoms with Crippen molar-refractivity contribution in [2.75, 3.05) is 7.05 Å². The lowest BCUT2D eigenvalue weighted by Crippen LogP contribution is -2.26. The molecule has 0 fully saturated rings. The van der Waals surface area contributed by atoms with E-state index >= 15 is 0 Å². The third-order valence-corrected chi connectivity index (χ3v) is 3.54. The average Bonchev–Trinajstić information content (AvgIpc) is 2.59. The molecule has 1 aromatic carbocycles. The molecule has 1 heterocycles. The number of halogens is 3. The lowest BCUT2D eigenvalue weighted by molar-refractivity contribution is -0.121. The second-order valence-electron chi connectivity index (χ2n) is 4.13. The second kappa shape index (κ2) is 5.40. The SMILES string of the molecule is CC1=N/C(=C\c2ccc(I)cc2B(F)F)C(=O)N1C. The minimum Gasteiger partial charge on any atom is -0.298 e. The number of amides is 1. The van der Waals surface area contributed by atoms with Gasteiger partial charge in [0.15, 0.2) is 0 Å². The van der Waals surface area contributed by atoms with Gasteiger partial charge in [-0.2, -0.15) is 0 Å². The number of amidine groups is 1. The van der Waals surface area contributed by atoms with Gasteiger partial charge < -0.3 is 0 Å². The molecule has 0 aliphatic carbocycles. The molecule has 0 bridgehead atoms. The maximum Gasteiger partial charge on any atom is 0.572 e. The van der Waals surface area contributed by atoms with Crippen LogP contribution in [0, 0.1) is 3.57 Å². The number of hydrogen-bond acceptors (Lipinski definition) is 2. The van der Waals surface area contributed by atoms with Gasteiger partial charge in [-0.05, 0) is 58.7 Å². The molecule has 0 unspecified atom stereocenters. The largest absolute Gasteiger partial charge is 0.572 e. The highest BCUT2D eigenvalue weighted by Gasteiger charge is 2.25. The maximum atomic E-state index is 13.0. The van der Waals surface area contributed by atoms with Gasteiger partial charge in [-0.1, -0.05) is 6.07 Å². The lowest BCUT2D eigenvalue weighted by Gasteiger charge is -2.07. The Morgan fingerprint density at radius 2 is 2.11 bits per heavy atom. The van der Waals surface area contributed by atoms with Crippen molar-refractivity contribution in [2.45, 2.75) is 6.92 Å². The smallest absolute Gasteiger partial charge is 0.298 e. The molecular formula is C12H10BF2IN2O. The first kappa shape index (κ1) is 14.2. The van der Waals surface area contributed by atoms with Gasteiger partial charge >= 0.3 is 7.27 Å². The first-order chi connectivity index (χ1) is 8.90. The zero-order chi connectivity index (χ0) is 14.2. The van der Waals surface area contributed by atoms with E-state index in [1.807, 2.05) is 22.6 Å². The van der Waals surface area contributed by atoms with Gasteiger partial charge in [-0.3, -0.25) is 18.3 Å². The van der Waals surface area contributed by atoms with Crippen LogP contribution in [0.3, 0.4) is 0 Å². The van der Waals surface area contributed by atoms with E-state index in [2.05, 4.69) is 4.99 Å². The first-order valence-electron chi connectivity index (χ1n) is 5.53. The van der Waals surface area contributed by atoms with Crippen molar-refractivity contribution in [1.82, 2.24) is 4.90 Å². The summed E-state index contributed by atoms with van der Waals surface area (Å²) in [5.41, 5.74) is 0.420. The van der Waals surface area contributed by atoms with Crippen molar-refractivity contribution in [3.05, 3.63) is 33.0 Å². The monoisotopic (exact) mass is 374 g/mol. The van der Waals surface area contributed by atoms with Crippen molar-refractivity contribution in [3.63, 3.8) is 0 Å². The molecule has 1 aromatic rings. The van der Waals surface area contributed by atoms with Gasteiger partial charge in [0, 0.05) is 10.6 Å². The fraction of sp³-hybridized carbons (Fsp3) is 0.167. The van der Waals surface area contributed by atoms with E-state index in [-0.39, 0.29) is 17.1 Å². The molecule has 0 aromatic heterocycles. The van der Waals surface area contributed by atoms with E-state index in [1.54, 1.807) is 26.1 Å². The van der Waals surface area contributed by atoms with E-state index in [1.165, 1.54) is 17.0 Å². The fourth-order valence-electron chi connectivity index (χ4n) is 1.72. The molecule has 98 valence electrons. The van der Waals surface area contributed by atoms with Crippen LogP contribution in [0.4, 0.5) is 8.63 Å². The van der Waals surface area contributed by atoms with E-state index < -0.39 is 7.27 Å². The van der Waals surface area contributed by atoms with E-state index in [0.29, 0.717) is 11.4 Å². The molecule has 1 aliphatic rings. The Bertz CT molecular complexity index is 601. The number of rotatable bonds is 2. The van der Waals surface area contributed by atoms with Gasteiger partial charge in [-0.25, -0.2) is 4.99 Å². The number of carbonyl (C=O) groups excluding carboxylic acids is 1. The first-order valence-corrected chi connectivity index (χ1v) is 6.60. The minimum atomic E-state index is -2.58. The van der Waals surface area contributed by atoms with E-state index in [9.17, 15) is 13.4 Å². The van der Waals surface area contributed by atoms with Crippen molar-refractivity contribution >= 4 is 53.1 Å². The molecule has 19 heavy (non-hydrogen) atoms. The summed E-state index contributed by atoms with van der Waals surface area (Å²) >= 11 is 1.97. The minimum absolute atomic E-state index is 0.0883. The average molecular weight is 374 g/mol. The van der Waals surface area contributed by atoms with Crippen molar-refractivity contribution < 1.29 is 13.4 Å². The molecule has 0 atom stereocenters. The summed E-state index contributed by atoms with van der Waals surface area (Å²) in [6.45, 7) is 1.70. The molecule has 0 saturated heterocycles. The summed E-state index contributed by atoms with van der Waals surface area (Å²) < 4.78 is 26.7. The van der Waals surface area contributed by atoms with Gasteiger partial charge in [0.2, 0.25) is 0 Å². The van der Waals surface area contributed by atoms with Crippen LogP contribution in [0.2, 0.25) is 0 Å². The molecule has 0 spiro atoms. The van der Waals surface area contributed by atoms with Gasteiger partial charge in [0.25, 0.3) is 5.91 Å². The van der Waals surface area contributed by atoms with Crippen LogP contribution >= 0.6 is 22.6 Å². The Labute approximate surface area is 123 Å². The van der Waals surface area contributed by atoms with Crippen LogP contribution in [0.25, 0.3) is 6.08 Å². The summed E-state index contributed by atoms with van der Waals surface area (Å²) in [6.07, 6.45) is 1.41. The van der Waals surface area contributed by atoms with Crippen molar-refractivity contribution in [1.29, 1.82) is 0 Å². The highest BCUT2D eigenvalue weighted by atomic mass is 127. The van der Waals surface area contributed by atoms with Crippen LogP contribution < -0.4 is 5.46 Å². The molecule has 1 amide bonds. The van der Waals surface area contributed by atoms with Crippen molar-refractivity contribution in [3.8, 4) is 0 Å². The van der Waals surface area contributed by atoms with Crippen molar-refractivity contribution in [2.24, 2.45) is 4.99 Å². The Kier molecular flexibility index (Phi) is 4.03. The fourth-order valence-corrected chi connectivity index (χ4v) is 2.24. The zero-order valence-electron chi connectivity index (χ0n) is 10.3. The van der Waals surface area contributed by atoms with Crippen LogP contribution in [-0.4, -0.2) is 31.0 Å². The highest BCUT2D eigenvalue weighted by Crippen LogP contribution is 2.17. The van der Waals surface area contributed by atoms with Gasteiger partial charge in [0.05, 0.1) is 0 Å². The molecule has 3 nitrogen and oxygen atoms in total. The summed E-state index contributed by atoms with van der Waals surface area (Å²) in [7, 11) is -0.981. The molecule has 0 saturated carbocycles. The number of aliphatic imine (C=N–C) groups is 1. The normalized spacial score (nSPS) is 17.1. The summed E-state index contributed by atoms with van der Waals surface area (Å²) in [6, 6.07) is 4.71. The van der Waals surface area contributed by atoms with Crippen LogP contribution in [0.15, 0.2) is 28.9 Å². The Balaban J connectivity index is 2.47. The summed E-state index contributed by atoms with van der Waals surface area (Å²) in [5, 5.41) is 0. The highest BCUT2D eigenvalue weighted by molar-refractivity contribution is 14.1. The molecular weight excluding hydrogens is 364 g/mol. The van der Waals surface area contributed by atoms with E-state index in [4.69, 9.17) is 0 Å². The number of nitrogens with zero attached hydrogens (tertiary/aromatic N) is 2. The Morgan fingerprint density at radius 1 is 1.42 bits per heavy atom. The van der Waals surface area contributed by atoms with Crippen LogP contribution in [0.1, 0.15) is 12.5 Å². The molecule has 0 radical (unpaired) electrons. The standard InChI is InChI=1S/C12H10BF2IN2O/c1-7-17-11(12(19)18(7)2)5-8-3-4-9(16)6-10(8)13(14)15/h3-6H,1-2H3/b11-5-. The Morgan fingerprint density at radius 3 is 2.63 bits per heavy atom. The number of hydrogen-bond donors (Lipinski definition) is 0. The number of benzene rings is 1. The van der Waals surface area contributed by atoms with Crippen LogP contribution in [0.5, 0.6) is 0 Å². The summed E-state index contributed by atoms with van der Waals surface area (Å²) in [5.74, 6) is 0.275. The second-order valence-corrected chi connectivity index (χ2v) is 5.37. The molecule has 7 heteroatoms. The molecule has 2 rings (SSSR count). The van der Waals surface area contributed by atoms with Gasteiger partial charge in [0.1, 0.15) is 11.5 Å². The zero-order valence-corrected chi connectivity index (χ0v) is 12.5. The lowest BCUT2D eigenvalue weighted by atomic mass is 9.82. The van der Waals surface area contributed by atoms with E-state index in [0.717, 1.165) is 3.57 Å². The van der Waals surface area contributed by atoms with Gasteiger partial charge in [-0.15, -0.1) is 0 Å². The third-order valence-electron chi connectivity index (χ3n) is 2.87. The number of carbonyl (C=O) groups is 1.